The Morgan fingerprint density at radius 2 is 2.11 bits per heavy atom. The molecule has 1 unspecified atom stereocenters. The normalized spacial score (nSPS) is 18.2. The molecule has 0 bridgehead atoms. The molecular weight excluding hydrogens is 372 g/mol. The fourth-order valence-electron chi connectivity index (χ4n) is 3.24. The standard InChI is InChI=1S/C19H19F2N3O2S/c20-13-5-6-16(21)15(9-13)19(27)23-24(11-25)18-12(7-8-22)10-26-17-4-2-1-3-14(17)18/h1-6,9,11-12,18H,7-8,10,22H2,(H,23,27)/t12-,18?/m1/s1. The highest BCUT2D eigenvalue weighted by atomic mass is 32.1. The number of carbonyl (C=O) groups excluding carboxylic acids is 1. The summed E-state index contributed by atoms with van der Waals surface area (Å²) in [5, 5.41) is 1.27. The topological polar surface area (TPSA) is 67.6 Å². The van der Waals surface area contributed by atoms with Crippen molar-refractivity contribution in [2.24, 2.45) is 11.7 Å². The number of hydrogen-bond acceptors (Lipinski definition) is 4. The van der Waals surface area contributed by atoms with Crippen LogP contribution in [0, 0.1) is 17.6 Å². The number of fused-ring (bicyclic) bond motifs is 1. The van der Waals surface area contributed by atoms with Crippen LogP contribution in [0.15, 0.2) is 42.5 Å². The predicted octanol–water partition coefficient (Wildman–Crippen LogP) is 2.70. The monoisotopic (exact) mass is 391 g/mol. The zero-order valence-electron chi connectivity index (χ0n) is 14.4. The van der Waals surface area contributed by atoms with Crippen molar-refractivity contribution in [3.8, 4) is 5.75 Å². The van der Waals surface area contributed by atoms with Gasteiger partial charge in [-0.25, -0.2) is 8.78 Å². The molecule has 1 amide bonds. The van der Waals surface area contributed by atoms with Gasteiger partial charge in [-0.2, -0.15) is 0 Å². The van der Waals surface area contributed by atoms with E-state index in [0.29, 0.717) is 31.7 Å². The first-order valence-corrected chi connectivity index (χ1v) is 8.87. The smallest absolute Gasteiger partial charge is 0.228 e. The minimum absolute atomic E-state index is 0.0808. The average Bonchev–Trinajstić information content (AvgIpc) is 2.68. The highest BCUT2D eigenvalue weighted by molar-refractivity contribution is 7.80. The molecular formula is C19H19F2N3O2S. The van der Waals surface area contributed by atoms with Gasteiger partial charge in [0.25, 0.3) is 0 Å². The van der Waals surface area contributed by atoms with Crippen LogP contribution >= 0.6 is 12.2 Å². The van der Waals surface area contributed by atoms with Gasteiger partial charge in [0.05, 0.1) is 12.6 Å². The Balaban J connectivity index is 1.91. The molecule has 1 heterocycles. The maximum atomic E-state index is 14.0. The van der Waals surface area contributed by atoms with E-state index in [1.54, 1.807) is 0 Å². The minimum atomic E-state index is -0.675. The number of benzene rings is 2. The molecule has 2 aromatic carbocycles. The van der Waals surface area contributed by atoms with E-state index < -0.39 is 17.7 Å². The zero-order chi connectivity index (χ0) is 19.4. The number of nitrogens with zero attached hydrogens (tertiary/aromatic N) is 1. The number of hydrogen-bond donors (Lipinski definition) is 2. The Bertz CT molecular complexity index is 849. The van der Waals surface area contributed by atoms with Crippen LogP contribution in [0.25, 0.3) is 0 Å². The highest BCUT2D eigenvalue weighted by Crippen LogP contribution is 2.39. The maximum Gasteiger partial charge on any atom is 0.228 e. The van der Waals surface area contributed by atoms with Gasteiger partial charge in [-0.05, 0) is 37.2 Å². The van der Waals surface area contributed by atoms with Gasteiger partial charge in [-0.1, -0.05) is 30.4 Å². The number of para-hydroxylation sites is 1. The predicted molar refractivity (Wildman–Crippen MR) is 101 cm³/mol. The summed E-state index contributed by atoms with van der Waals surface area (Å²) < 4.78 is 33.3. The largest absolute Gasteiger partial charge is 0.493 e. The summed E-state index contributed by atoms with van der Waals surface area (Å²) >= 11 is 5.21. The summed E-state index contributed by atoms with van der Waals surface area (Å²) in [5.41, 5.74) is 9.13. The Kier molecular flexibility index (Phi) is 5.98. The van der Waals surface area contributed by atoms with Gasteiger partial charge in [-0.15, -0.1) is 0 Å². The molecule has 0 spiro atoms. The SMILES string of the molecule is NCC[C@@H]1COc2ccccc2C1N(C=O)NC(=S)c1cc(F)ccc1F. The van der Waals surface area contributed by atoms with Crippen molar-refractivity contribution in [3.63, 3.8) is 0 Å². The van der Waals surface area contributed by atoms with Crippen molar-refractivity contribution < 1.29 is 18.3 Å². The van der Waals surface area contributed by atoms with Crippen molar-refractivity contribution in [1.82, 2.24) is 10.4 Å². The number of hydrazine groups is 1. The second-order valence-electron chi connectivity index (χ2n) is 6.21. The van der Waals surface area contributed by atoms with Crippen LogP contribution < -0.4 is 15.9 Å². The fourth-order valence-corrected chi connectivity index (χ4v) is 3.50. The maximum absolute atomic E-state index is 14.0. The van der Waals surface area contributed by atoms with Crippen LogP contribution in [-0.4, -0.2) is 29.6 Å². The Morgan fingerprint density at radius 1 is 1.33 bits per heavy atom. The van der Waals surface area contributed by atoms with Crippen molar-refractivity contribution in [1.29, 1.82) is 0 Å². The molecule has 0 saturated carbocycles. The Hall–Kier alpha value is -2.58. The molecule has 8 heteroatoms. The first-order valence-electron chi connectivity index (χ1n) is 8.46. The van der Waals surface area contributed by atoms with Crippen LogP contribution in [0.1, 0.15) is 23.6 Å². The molecule has 2 aromatic rings. The van der Waals surface area contributed by atoms with Crippen molar-refractivity contribution in [3.05, 3.63) is 65.2 Å². The lowest BCUT2D eigenvalue weighted by Gasteiger charge is -2.39. The van der Waals surface area contributed by atoms with Gasteiger partial charge in [0.1, 0.15) is 22.4 Å². The van der Waals surface area contributed by atoms with Gasteiger partial charge in [0.2, 0.25) is 6.41 Å². The number of carbonyl (C=O) groups is 1. The van der Waals surface area contributed by atoms with E-state index in [9.17, 15) is 13.6 Å². The lowest BCUT2D eigenvalue weighted by molar-refractivity contribution is -0.124. The number of nitrogens with one attached hydrogen (secondary N) is 1. The van der Waals surface area contributed by atoms with Crippen molar-refractivity contribution >= 4 is 23.6 Å². The molecule has 3 N–H and O–H groups in total. The number of thiocarbonyl (C=S) groups is 1. The number of nitrogens with two attached hydrogens (primary N) is 1. The van der Waals surface area contributed by atoms with E-state index in [1.165, 1.54) is 5.01 Å². The van der Waals surface area contributed by atoms with E-state index >= 15 is 0 Å². The molecule has 0 fully saturated rings. The van der Waals surface area contributed by atoms with Crippen LogP contribution in [0.4, 0.5) is 8.78 Å². The third-order valence-corrected chi connectivity index (χ3v) is 4.80. The van der Waals surface area contributed by atoms with Gasteiger partial charge >= 0.3 is 0 Å². The summed E-state index contributed by atoms with van der Waals surface area (Å²) in [5.74, 6) is -0.716. The molecule has 0 aliphatic carbocycles. The number of amides is 1. The molecule has 1 aliphatic rings. The summed E-state index contributed by atoms with van der Waals surface area (Å²) in [6.07, 6.45) is 1.20. The first-order chi connectivity index (χ1) is 13.0. The summed E-state index contributed by atoms with van der Waals surface area (Å²) in [4.78, 5) is 11.8. The Morgan fingerprint density at radius 3 is 2.85 bits per heavy atom. The summed E-state index contributed by atoms with van der Waals surface area (Å²) in [6.45, 7) is 0.800. The summed E-state index contributed by atoms with van der Waals surface area (Å²) in [6, 6.07) is 9.92. The van der Waals surface area contributed by atoms with E-state index in [1.807, 2.05) is 24.3 Å². The molecule has 1 aliphatic heterocycles. The molecule has 0 radical (unpaired) electrons. The van der Waals surface area contributed by atoms with E-state index in [0.717, 1.165) is 23.8 Å². The molecule has 142 valence electrons. The molecule has 5 nitrogen and oxygen atoms in total. The molecule has 0 aromatic heterocycles. The van der Waals surface area contributed by atoms with Crippen LogP contribution in [0.2, 0.25) is 0 Å². The lowest BCUT2D eigenvalue weighted by Crippen LogP contribution is -2.48. The third-order valence-electron chi connectivity index (χ3n) is 4.49. The highest BCUT2D eigenvalue weighted by Gasteiger charge is 2.35. The molecule has 2 atom stereocenters. The summed E-state index contributed by atoms with van der Waals surface area (Å²) in [7, 11) is 0. The van der Waals surface area contributed by atoms with Gasteiger partial charge in [0, 0.05) is 17.0 Å². The first kappa shape index (κ1) is 19.2. The van der Waals surface area contributed by atoms with Gasteiger partial charge in [-0.3, -0.25) is 15.2 Å². The van der Waals surface area contributed by atoms with Crippen LogP contribution in [0.3, 0.4) is 0 Å². The van der Waals surface area contributed by atoms with Crippen molar-refractivity contribution in [2.45, 2.75) is 12.5 Å². The number of rotatable bonds is 6. The van der Waals surface area contributed by atoms with Crippen LogP contribution in [-0.2, 0) is 4.79 Å². The number of ether oxygens (including phenoxy) is 1. The van der Waals surface area contributed by atoms with Crippen LogP contribution in [0.5, 0.6) is 5.75 Å². The lowest BCUT2D eigenvalue weighted by atomic mass is 9.88. The fraction of sp³-hybridized carbons (Fsp3) is 0.263. The second kappa shape index (κ2) is 8.41. The quantitative estimate of drug-likeness (QED) is 0.450. The Labute approximate surface area is 161 Å². The van der Waals surface area contributed by atoms with E-state index in [4.69, 9.17) is 22.7 Å². The molecule has 0 saturated heterocycles. The van der Waals surface area contributed by atoms with Crippen molar-refractivity contribution in [2.75, 3.05) is 13.2 Å². The molecule has 27 heavy (non-hydrogen) atoms. The zero-order valence-corrected chi connectivity index (χ0v) is 15.2. The number of halogens is 2. The average molecular weight is 391 g/mol. The van der Waals surface area contributed by atoms with E-state index in [-0.39, 0.29) is 16.5 Å². The van der Waals surface area contributed by atoms with Gasteiger partial charge < -0.3 is 10.5 Å². The minimum Gasteiger partial charge on any atom is -0.493 e. The van der Waals surface area contributed by atoms with E-state index in [2.05, 4.69) is 5.43 Å². The molecule has 3 rings (SSSR count). The second-order valence-corrected chi connectivity index (χ2v) is 6.62. The third kappa shape index (κ3) is 4.06. The van der Waals surface area contributed by atoms with Gasteiger partial charge in [0.15, 0.2) is 0 Å².